The second-order valence-corrected chi connectivity index (χ2v) is 4.43. The van der Waals surface area contributed by atoms with Gasteiger partial charge in [0.05, 0.1) is 5.69 Å². The lowest BCUT2D eigenvalue weighted by Crippen LogP contribution is -1.88. The molecule has 0 saturated heterocycles. The van der Waals surface area contributed by atoms with Gasteiger partial charge in [-0.2, -0.15) is 0 Å². The largest absolute Gasteiger partial charge is 0.304 e. The molecule has 0 bridgehead atoms. The Balaban J connectivity index is 1.95. The Morgan fingerprint density at radius 2 is 1.89 bits per heavy atom. The van der Waals surface area contributed by atoms with Crippen LogP contribution in [-0.2, 0) is 6.42 Å². The van der Waals surface area contributed by atoms with Crippen LogP contribution in [0.25, 0.3) is 5.65 Å². The van der Waals surface area contributed by atoms with Crippen LogP contribution in [0, 0.1) is 12.7 Å². The predicted molar refractivity (Wildman–Crippen MR) is 69.1 cm³/mol. The Morgan fingerprint density at radius 3 is 2.61 bits per heavy atom. The van der Waals surface area contributed by atoms with Crippen molar-refractivity contribution in [3.05, 3.63) is 71.4 Å². The highest BCUT2D eigenvalue weighted by atomic mass is 19.1. The summed E-state index contributed by atoms with van der Waals surface area (Å²) in [7, 11) is 0. The van der Waals surface area contributed by atoms with Gasteiger partial charge in [0.1, 0.15) is 11.5 Å². The molecule has 0 aliphatic rings. The van der Waals surface area contributed by atoms with Gasteiger partial charge in [-0.1, -0.05) is 18.2 Å². The van der Waals surface area contributed by atoms with Crippen molar-refractivity contribution in [1.29, 1.82) is 0 Å². The van der Waals surface area contributed by atoms with E-state index in [1.807, 2.05) is 18.3 Å². The number of benzene rings is 1. The molecule has 3 heteroatoms. The highest BCUT2D eigenvalue weighted by molar-refractivity contribution is 5.42. The standard InChI is InChI=1S/C15H13FN2/c1-11-3-2-4-15-17-14(10-18(11)15)9-12-5-7-13(16)8-6-12/h2-8,10H,9H2,1H3. The normalized spacial score (nSPS) is 11.0. The van der Waals surface area contributed by atoms with E-state index in [1.165, 1.54) is 12.1 Å². The maximum absolute atomic E-state index is 12.8. The fourth-order valence-electron chi connectivity index (χ4n) is 2.10. The van der Waals surface area contributed by atoms with Crippen LogP contribution in [-0.4, -0.2) is 9.38 Å². The third kappa shape index (κ3) is 1.99. The first-order valence-electron chi connectivity index (χ1n) is 5.90. The van der Waals surface area contributed by atoms with Crippen LogP contribution in [0.2, 0.25) is 0 Å². The summed E-state index contributed by atoms with van der Waals surface area (Å²) in [6.07, 6.45) is 2.76. The molecule has 0 spiro atoms. The second kappa shape index (κ2) is 4.26. The maximum atomic E-state index is 12.8. The zero-order valence-electron chi connectivity index (χ0n) is 10.1. The van der Waals surface area contributed by atoms with Crippen molar-refractivity contribution in [2.75, 3.05) is 0 Å². The Bertz CT molecular complexity index is 683. The van der Waals surface area contributed by atoms with Gasteiger partial charge in [0.15, 0.2) is 0 Å². The van der Waals surface area contributed by atoms with E-state index in [-0.39, 0.29) is 5.82 Å². The third-order valence-corrected chi connectivity index (χ3v) is 3.04. The maximum Gasteiger partial charge on any atom is 0.137 e. The van der Waals surface area contributed by atoms with Gasteiger partial charge in [-0.25, -0.2) is 9.37 Å². The molecule has 1 aromatic carbocycles. The summed E-state index contributed by atoms with van der Waals surface area (Å²) in [5, 5.41) is 0. The van der Waals surface area contributed by atoms with E-state index in [0.29, 0.717) is 0 Å². The molecule has 0 amide bonds. The molecule has 0 aliphatic carbocycles. The van der Waals surface area contributed by atoms with Crippen LogP contribution in [0.5, 0.6) is 0 Å². The summed E-state index contributed by atoms with van der Waals surface area (Å²) in [5.41, 5.74) is 4.17. The number of aryl methyl sites for hydroxylation is 1. The van der Waals surface area contributed by atoms with Gasteiger partial charge in [-0.15, -0.1) is 0 Å². The number of imidazole rings is 1. The molecule has 2 heterocycles. The van der Waals surface area contributed by atoms with Crippen LogP contribution in [0.4, 0.5) is 4.39 Å². The van der Waals surface area contributed by atoms with Gasteiger partial charge >= 0.3 is 0 Å². The van der Waals surface area contributed by atoms with Crippen molar-refractivity contribution < 1.29 is 4.39 Å². The van der Waals surface area contributed by atoms with Crippen molar-refractivity contribution in [1.82, 2.24) is 9.38 Å². The van der Waals surface area contributed by atoms with E-state index in [9.17, 15) is 4.39 Å². The minimum Gasteiger partial charge on any atom is -0.304 e. The van der Waals surface area contributed by atoms with Crippen LogP contribution >= 0.6 is 0 Å². The molecule has 0 unspecified atom stereocenters. The fraction of sp³-hybridized carbons (Fsp3) is 0.133. The summed E-state index contributed by atoms with van der Waals surface area (Å²) in [6.45, 7) is 2.05. The fourth-order valence-corrected chi connectivity index (χ4v) is 2.10. The van der Waals surface area contributed by atoms with E-state index in [4.69, 9.17) is 0 Å². The van der Waals surface area contributed by atoms with Crippen LogP contribution < -0.4 is 0 Å². The van der Waals surface area contributed by atoms with Gasteiger partial charge in [0.2, 0.25) is 0 Å². The number of pyridine rings is 1. The molecule has 2 nitrogen and oxygen atoms in total. The van der Waals surface area contributed by atoms with E-state index in [2.05, 4.69) is 22.4 Å². The molecular weight excluding hydrogens is 227 g/mol. The van der Waals surface area contributed by atoms with Crippen molar-refractivity contribution in [2.24, 2.45) is 0 Å². The summed E-state index contributed by atoms with van der Waals surface area (Å²) in [6, 6.07) is 12.6. The zero-order chi connectivity index (χ0) is 12.5. The first kappa shape index (κ1) is 11.0. The lowest BCUT2D eigenvalue weighted by Gasteiger charge is -1.97. The zero-order valence-corrected chi connectivity index (χ0v) is 10.1. The molecule has 0 radical (unpaired) electrons. The average Bonchev–Trinajstić information content (AvgIpc) is 2.76. The molecular formula is C15H13FN2. The SMILES string of the molecule is Cc1cccc2nc(Cc3ccc(F)cc3)cn12. The van der Waals surface area contributed by atoms with E-state index in [1.54, 1.807) is 12.1 Å². The number of rotatable bonds is 2. The summed E-state index contributed by atoms with van der Waals surface area (Å²) in [5.74, 6) is -0.204. The highest BCUT2D eigenvalue weighted by Crippen LogP contribution is 2.13. The number of hydrogen-bond acceptors (Lipinski definition) is 1. The minimum atomic E-state index is -0.204. The molecule has 0 aliphatic heterocycles. The molecule has 0 saturated carbocycles. The monoisotopic (exact) mass is 240 g/mol. The van der Waals surface area contributed by atoms with Crippen LogP contribution in [0.1, 0.15) is 17.0 Å². The summed E-state index contributed by atoms with van der Waals surface area (Å²) < 4.78 is 14.9. The van der Waals surface area contributed by atoms with Crippen molar-refractivity contribution in [3.8, 4) is 0 Å². The topological polar surface area (TPSA) is 17.3 Å². The molecule has 0 N–H and O–H groups in total. The molecule has 18 heavy (non-hydrogen) atoms. The van der Waals surface area contributed by atoms with Crippen LogP contribution in [0.15, 0.2) is 48.7 Å². The lowest BCUT2D eigenvalue weighted by molar-refractivity contribution is 0.627. The average molecular weight is 240 g/mol. The lowest BCUT2D eigenvalue weighted by atomic mass is 10.1. The number of aromatic nitrogens is 2. The first-order valence-corrected chi connectivity index (χ1v) is 5.90. The Kier molecular flexibility index (Phi) is 2.59. The van der Waals surface area contributed by atoms with Gasteiger partial charge in [-0.3, -0.25) is 0 Å². The second-order valence-electron chi connectivity index (χ2n) is 4.43. The van der Waals surface area contributed by atoms with E-state index >= 15 is 0 Å². The molecule has 0 fully saturated rings. The molecule has 2 aromatic heterocycles. The molecule has 0 atom stereocenters. The number of fused-ring (bicyclic) bond motifs is 1. The highest BCUT2D eigenvalue weighted by Gasteiger charge is 2.04. The van der Waals surface area contributed by atoms with Crippen molar-refractivity contribution in [3.63, 3.8) is 0 Å². The smallest absolute Gasteiger partial charge is 0.137 e. The van der Waals surface area contributed by atoms with Crippen molar-refractivity contribution >= 4 is 5.65 Å². The Hall–Kier alpha value is -2.16. The van der Waals surface area contributed by atoms with Crippen LogP contribution in [0.3, 0.4) is 0 Å². The van der Waals surface area contributed by atoms with E-state index in [0.717, 1.165) is 29.0 Å². The number of hydrogen-bond donors (Lipinski definition) is 0. The van der Waals surface area contributed by atoms with Gasteiger partial charge in [0, 0.05) is 18.3 Å². The first-order chi connectivity index (χ1) is 8.72. The van der Waals surface area contributed by atoms with Gasteiger partial charge in [0.25, 0.3) is 0 Å². The Morgan fingerprint density at radius 1 is 1.11 bits per heavy atom. The van der Waals surface area contributed by atoms with Gasteiger partial charge in [-0.05, 0) is 36.8 Å². The predicted octanol–water partition coefficient (Wildman–Crippen LogP) is 3.37. The Labute approximate surface area is 105 Å². The number of halogens is 1. The molecule has 3 aromatic rings. The minimum absolute atomic E-state index is 0.204. The van der Waals surface area contributed by atoms with E-state index < -0.39 is 0 Å². The summed E-state index contributed by atoms with van der Waals surface area (Å²) in [4.78, 5) is 4.56. The number of nitrogens with zero attached hydrogens (tertiary/aromatic N) is 2. The molecule has 3 rings (SSSR count). The summed E-state index contributed by atoms with van der Waals surface area (Å²) >= 11 is 0. The van der Waals surface area contributed by atoms with Crippen molar-refractivity contribution in [2.45, 2.75) is 13.3 Å². The quantitative estimate of drug-likeness (QED) is 0.671. The third-order valence-electron chi connectivity index (χ3n) is 3.04. The molecule has 90 valence electrons. The van der Waals surface area contributed by atoms with Gasteiger partial charge < -0.3 is 4.40 Å².